The lowest BCUT2D eigenvalue weighted by molar-refractivity contribution is 0.0230. The van der Waals surface area contributed by atoms with Crippen molar-refractivity contribution in [2.24, 2.45) is 0 Å². The summed E-state index contributed by atoms with van der Waals surface area (Å²) in [6.45, 7) is 1.15. The molecule has 4 nitrogen and oxygen atoms in total. The number of carbonyl (C=O) groups is 1. The van der Waals surface area contributed by atoms with Crippen molar-refractivity contribution in [3.8, 4) is 0 Å². The van der Waals surface area contributed by atoms with Gasteiger partial charge in [0.05, 0.1) is 18.8 Å². The van der Waals surface area contributed by atoms with Gasteiger partial charge < -0.3 is 15.2 Å². The summed E-state index contributed by atoms with van der Waals surface area (Å²) in [7, 11) is 0. The molecule has 0 atom stereocenters. The largest absolute Gasteiger partial charge is 0.460 e. The zero-order chi connectivity index (χ0) is 9.97. The van der Waals surface area contributed by atoms with Gasteiger partial charge in [-0.3, -0.25) is 0 Å². The van der Waals surface area contributed by atoms with E-state index in [0.717, 1.165) is 5.56 Å². The highest BCUT2D eigenvalue weighted by Crippen LogP contribution is 2.17. The molecule has 0 saturated carbocycles. The van der Waals surface area contributed by atoms with E-state index < -0.39 is 0 Å². The summed E-state index contributed by atoms with van der Waals surface area (Å²) in [6, 6.07) is 5.09. The van der Waals surface area contributed by atoms with E-state index in [1.165, 1.54) is 0 Å². The van der Waals surface area contributed by atoms with Gasteiger partial charge in [0.2, 0.25) is 0 Å². The molecule has 0 radical (unpaired) electrons. The molecule has 2 rings (SSSR count). The lowest BCUT2D eigenvalue weighted by atomic mass is 10.1. The molecule has 1 aromatic rings. The molecule has 1 aliphatic heterocycles. The highest BCUT2D eigenvalue weighted by molar-refractivity contribution is 5.91. The van der Waals surface area contributed by atoms with Crippen molar-refractivity contribution < 1.29 is 14.3 Å². The van der Waals surface area contributed by atoms with Crippen LogP contribution in [0.1, 0.15) is 15.9 Å². The second-order valence-corrected chi connectivity index (χ2v) is 3.11. The van der Waals surface area contributed by atoms with Crippen molar-refractivity contribution in [2.45, 2.75) is 6.61 Å². The number of nitrogen functional groups attached to an aromatic ring is 1. The maximum absolute atomic E-state index is 11.5. The van der Waals surface area contributed by atoms with E-state index in [1.807, 2.05) is 0 Å². The summed E-state index contributed by atoms with van der Waals surface area (Å²) in [6.07, 6.45) is 0. The average molecular weight is 193 g/mol. The standard InChI is InChI=1S/C10H11NO3/c11-8-1-2-9-7(5-8)6-13-3-4-14-10(9)12/h1-2,5H,3-4,6,11H2. The van der Waals surface area contributed by atoms with Gasteiger partial charge in [-0.05, 0) is 23.8 Å². The number of fused-ring (bicyclic) bond motifs is 1. The summed E-state index contributed by atoms with van der Waals surface area (Å²) < 4.78 is 10.2. The van der Waals surface area contributed by atoms with Crippen LogP contribution < -0.4 is 5.73 Å². The van der Waals surface area contributed by atoms with Crippen LogP contribution in [-0.4, -0.2) is 19.2 Å². The Kier molecular flexibility index (Phi) is 2.37. The fourth-order valence-electron chi connectivity index (χ4n) is 1.39. The number of hydrogen-bond donors (Lipinski definition) is 1. The molecule has 0 aliphatic carbocycles. The number of anilines is 1. The number of nitrogens with two attached hydrogens (primary N) is 1. The Labute approximate surface area is 81.6 Å². The molecular formula is C10H11NO3. The molecule has 0 fully saturated rings. The summed E-state index contributed by atoms with van der Waals surface area (Å²) in [4.78, 5) is 11.5. The van der Waals surface area contributed by atoms with Gasteiger partial charge in [0.25, 0.3) is 0 Å². The molecule has 0 spiro atoms. The van der Waals surface area contributed by atoms with Crippen LogP contribution in [0.5, 0.6) is 0 Å². The molecule has 0 aromatic heterocycles. The minimum Gasteiger partial charge on any atom is -0.460 e. The van der Waals surface area contributed by atoms with Crippen molar-refractivity contribution in [3.63, 3.8) is 0 Å². The minimum atomic E-state index is -0.302. The van der Waals surface area contributed by atoms with E-state index in [1.54, 1.807) is 18.2 Å². The Morgan fingerprint density at radius 2 is 2.14 bits per heavy atom. The number of esters is 1. The Morgan fingerprint density at radius 3 is 3.00 bits per heavy atom. The van der Waals surface area contributed by atoms with Gasteiger partial charge in [0, 0.05) is 5.69 Å². The Bertz CT molecular complexity index is 362. The first-order valence-corrected chi connectivity index (χ1v) is 4.40. The molecule has 0 saturated heterocycles. The molecule has 2 N–H and O–H groups in total. The smallest absolute Gasteiger partial charge is 0.338 e. The quantitative estimate of drug-likeness (QED) is 0.492. The Morgan fingerprint density at radius 1 is 1.29 bits per heavy atom. The van der Waals surface area contributed by atoms with E-state index >= 15 is 0 Å². The van der Waals surface area contributed by atoms with E-state index in [2.05, 4.69) is 0 Å². The number of rotatable bonds is 0. The van der Waals surface area contributed by atoms with E-state index in [4.69, 9.17) is 15.2 Å². The van der Waals surface area contributed by atoms with E-state index in [-0.39, 0.29) is 5.97 Å². The number of hydrogen-bond acceptors (Lipinski definition) is 4. The molecule has 14 heavy (non-hydrogen) atoms. The van der Waals surface area contributed by atoms with Crippen molar-refractivity contribution in [3.05, 3.63) is 29.3 Å². The molecule has 1 aliphatic rings. The van der Waals surface area contributed by atoms with Crippen LogP contribution in [0.25, 0.3) is 0 Å². The van der Waals surface area contributed by atoms with Gasteiger partial charge >= 0.3 is 5.97 Å². The summed E-state index contributed by atoms with van der Waals surface area (Å²) in [5.74, 6) is -0.302. The van der Waals surface area contributed by atoms with Crippen molar-refractivity contribution in [1.82, 2.24) is 0 Å². The van der Waals surface area contributed by atoms with Crippen molar-refractivity contribution in [1.29, 1.82) is 0 Å². The molecular weight excluding hydrogens is 182 g/mol. The van der Waals surface area contributed by atoms with Gasteiger partial charge in [-0.25, -0.2) is 4.79 Å². The monoisotopic (exact) mass is 193 g/mol. The van der Waals surface area contributed by atoms with Gasteiger partial charge in [-0.15, -0.1) is 0 Å². The third-order valence-electron chi connectivity index (χ3n) is 2.07. The SMILES string of the molecule is Nc1ccc2c(c1)COCCOC2=O. The molecule has 4 heteroatoms. The summed E-state index contributed by atoms with van der Waals surface area (Å²) in [5.41, 5.74) is 7.56. The number of ether oxygens (including phenoxy) is 2. The third-order valence-corrected chi connectivity index (χ3v) is 2.07. The van der Waals surface area contributed by atoms with Crippen LogP contribution >= 0.6 is 0 Å². The topological polar surface area (TPSA) is 61.6 Å². The molecule has 0 bridgehead atoms. The van der Waals surface area contributed by atoms with Crippen LogP contribution in [0, 0.1) is 0 Å². The van der Waals surface area contributed by atoms with Crippen molar-refractivity contribution in [2.75, 3.05) is 18.9 Å². The van der Waals surface area contributed by atoms with Gasteiger partial charge in [0.15, 0.2) is 0 Å². The van der Waals surface area contributed by atoms with E-state index in [9.17, 15) is 4.79 Å². The van der Waals surface area contributed by atoms with Gasteiger partial charge in [-0.1, -0.05) is 0 Å². The molecule has 1 aromatic carbocycles. The summed E-state index contributed by atoms with van der Waals surface area (Å²) >= 11 is 0. The number of cyclic esters (lactones) is 1. The number of carbonyl (C=O) groups excluding carboxylic acids is 1. The lowest BCUT2D eigenvalue weighted by Gasteiger charge is -2.14. The van der Waals surface area contributed by atoms with Crippen LogP contribution in [0.2, 0.25) is 0 Å². The highest BCUT2D eigenvalue weighted by Gasteiger charge is 2.15. The van der Waals surface area contributed by atoms with Crippen LogP contribution in [0.15, 0.2) is 18.2 Å². The first kappa shape index (κ1) is 9.02. The molecule has 74 valence electrons. The summed E-state index contributed by atoms with van der Waals surface area (Å²) in [5, 5.41) is 0. The third kappa shape index (κ3) is 1.70. The lowest BCUT2D eigenvalue weighted by Crippen LogP contribution is -2.17. The maximum atomic E-state index is 11.5. The minimum absolute atomic E-state index is 0.302. The highest BCUT2D eigenvalue weighted by atomic mass is 16.6. The fourth-order valence-corrected chi connectivity index (χ4v) is 1.39. The van der Waals surface area contributed by atoms with Crippen LogP contribution in [0.3, 0.4) is 0 Å². The zero-order valence-electron chi connectivity index (χ0n) is 7.66. The van der Waals surface area contributed by atoms with Crippen LogP contribution in [-0.2, 0) is 16.1 Å². The Hall–Kier alpha value is -1.55. The van der Waals surface area contributed by atoms with Gasteiger partial charge in [-0.2, -0.15) is 0 Å². The molecule has 0 amide bonds. The zero-order valence-corrected chi connectivity index (χ0v) is 7.66. The Balaban J connectivity index is 2.41. The first-order valence-electron chi connectivity index (χ1n) is 4.40. The van der Waals surface area contributed by atoms with Crippen LogP contribution in [0.4, 0.5) is 5.69 Å². The normalized spacial score (nSPS) is 16.4. The van der Waals surface area contributed by atoms with E-state index in [0.29, 0.717) is 31.1 Å². The fraction of sp³-hybridized carbons (Fsp3) is 0.300. The van der Waals surface area contributed by atoms with Gasteiger partial charge in [0.1, 0.15) is 6.61 Å². The van der Waals surface area contributed by atoms with Crippen molar-refractivity contribution >= 4 is 11.7 Å². The maximum Gasteiger partial charge on any atom is 0.338 e. The number of benzene rings is 1. The first-order chi connectivity index (χ1) is 6.77. The average Bonchev–Trinajstić information content (AvgIpc) is 2.14. The second kappa shape index (κ2) is 3.67. The predicted molar refractivity (Wildman–Crippen MR) is 50.8 cm³/mol. The molecule has 0 unspecified atom stereocenters. The molecule has 1 heterocycles. The second-order valence-electron chi connectivity index (χ2n) is 3.11. The predicted octanol–water partition coefficient (Wildman–Crippen LogP) is 0.956.